The minimum atomic E-state index is 1.62. The average Bonchev–Trinajstić information content (AvgIpc) is 2.53. The van der Waals surface area contributed by atoms with Gasteiger partial charge in [0.2, 0.25) is 0 Å². The van der Waals surface area contributed by atoms with Crippen molar-refractivity contribution in [1.29, 1.82) is 0 Å². The van der Waals surface area contributed by atoms with E-state index >= 15 is 0 Å². The monoisotopic (exact) mass is 172 g/mol. The maximum Gasteiger partial charge on any atom is 0.0901 e. The van der Waals surface area contributed by atoms with Gasteiger partial charge in [-0.3, -0.25) is 0 Å². The first kappa shape index (κ1) is 9.33. The van der Waals surface area contributed by atoms with E-state index in [1.54, 1.807) is 12.5 Å². The first-order chi connectivity index (χ1) is 6.50. The molecule has 0 fully saturated rings. The molecule has 0 amide bonds. The second-order valence-corrected chi connectivity index (χ2v) is 2.33. The van der Waals surface area contributed by atoms with Gasteiger partial charge in [0.05, 0.1) is 12.5 Å². The van der Waals surface area contributed by atoms with Crippen LogP contribution in [0.25, 0.3) is 0 Å². The zero-order valence-corrected chi connectivity index (χ0v) is 7.34. The highest BCUT2D eigenvalue weighted by molar-refractivity contribution is 5.11. The Bertz CT molecular complexity index is 243. The molecule has 0 bridgehead atoms. The summed E-state index contributed by atoms with van der Waals surface area (Å²) in [5.74, 6) is 0. The van der Waals surface area contributed by atoms with Crippen molar-refractivity contribution < 1.29 is 4.74 Å². The highest BCUT2D eigenvalue weighted by Crippen LogP contribution is 1.88. The van der Waals surface area contributed by atoms with E-state index in [1.807, 2.05) is 60.7 Å². The van der Waals surface area contributed by atoms with E-state index < -0.39 is 0 Å². The third-order valence-electron chi connectivity index (χ3n) is 1.31. The summed E-state index contributed by atoms with van der Waals surface area (Å²) in [7, 11) is 0. The zero-order chi connectivity index (χ0) is 9.19. The molecule has 0 radical (unpaired) electrons. The maximum absolute atomic E-state index is 4.77. The fourth-order valence-corrected chi connectivity index (χ4v) is 0.740. The van der Waals surface area contributed by atoms with Gasteiger partial charge in [-0.05, 0) is 12.2 Å². The summed E-state index contributed by atoms with van der Waals surface area (Å²) in [5, 5.41) is 0. The van der Waals surface area contributed by atoms with Gasteiger partial charge in [0.15, 0.2) is 0 Å². The molecule has 1 aliphatic rings. The standard InChI is InChI=1S/C6H6O.C6H6/c1-2-4-6-7-5-3-1;1-2-4-6-5-3-1/h1-6H;1-6H. The Kier molecular flexibility index (Phi) is 4.97. The van der Waals surface area contributed by atoms with Crippen LogP contribution in [0, 0.1) is 0 Å². The summed E-state index contributed by atoms with van der Waals surface area (Å²) in [5.41, 5.74) is 0. The topological polar surface area (TPSA) is 9.23 Å². The molecule has 0 spiro atoms. The van der Waals surface area contributed by atoms with Crippen molar-refractivity contribution >= 4 is 0 Å². The van der Waals surface area contributed by atoms with Crippen molar-refractivity contribution in [2.24, 2.45) is 0 Å². The quantitative estimate of drug-likeness (QED) is 0.583. The van der Waals surface area contributed by atoms with Crippen LogP contribution in [-0.2, 0) is 4.74 Å². The summed E-state index contributed by atoms with van der Waals surface area (Å²) >= 11 is 0. The maximum atomic E-state index is 4.77. The van der Waals surface area contributed by atoms with Crippen molar-refractivity contribution in [2.75, 3.05) is 0 Å². The summed E-state index contributed by atoms with van der Waals surface area (Å²) in [6, 6.07) is 12.0. The number of hydrogen-bond donors (Lipinski definition) is 0. The van der Waals surface area contributed by atoms with Crippen LogP contribution in [0.15, 0.2) is 73.2 Å². The van der Waals surface area contributed by atoms with E-state index in [4.69, 9.17) is 4.74 Å². The van der Waals surface area contributed by atoms with Crippen LogP contribution in [0.2, 0.25) is 0 Å². The fraction of sp³-hybridized carbons (Fsp3) is 0. The van der Waals surface area contributed by atoms with Gasteiger partial charge >= 0.3 is 0 Å². The summed E-state index contributed by atoms with van der Waals surface area (Å²) in [4.78, 5) is 0. The molecule has 1 aliphatic heterocycles. The van der Waals surface area contributed by atoms with E-state index in [1.165, 1.54) is 0 Å². The lowest BCUT2D eigenvalue weighted by Crippen LogP contribution is -1.56. The van der Waals surface area contributed by atoms with Crippen LogP contribution in [0.4, 0.5) is 0 Å². The number of allylic oxidation sites excluding steroid dienone is 4. The van der Waals surface area contributed by atoms with E-state index in [0.29, 0.717) is 0 Å². The second kappa shape index (κ2) is 6.92. The SMILES string of the molecule is C1=CC=COC=C1.c1ccccc1. The third kappa shape index (κ3) is 5.50. The molecule has 1 aromatic carbocycles. The van der Waals surface area contributed by atoms with Gasteiger partial charge < -0.3 is 4.74 Å². The van der Waals surface area contributed by atoms with Gasteiger partial charge in [0.25, 0.3) is 0 Å². The summed E-state index contributed by atoms with van der Waals surface area (Å²) in [6.45, 7) is 0. The van der Waals surface area contributed by atoms with Gasteiger partial charge in [0.1, 0.15) is 0 Å². The second-order valence-electron chi connectivity index (χ2n) is 2.33. The van der Waals surface area contributed by atoms with E-state index in [-0.39, 0.29) is 0 Å². The Morgan fingerprint density at radius 3 is 1.23 bits per heavy atom. The number of hydrogen-bond acceptors (Lipinski definition) is 1. The lowest BCUT2D eigenvalue weighted by atomic mass is 10.4. The highest BCUT2D eigenvalue weighted by Gasteiger charge is 1.69. The van der Waals surface area contributed by atoms with Gasteiger partial charge in [-0.1, -0.05) is 48.6 Å². The van der Waals surface area contributed by atoms with Crippen LogP contribution < -0.4 is 0 Å². The van der Waals surface area contributed by atoms with Crippen LogP contribution >= 0.6 is 0 Å². The van der Waals surface area contributed by atoms with Crippen LogP contribution in [0.5, 0.6) is 0 Å². The van der Waals surface area contributed by atoms with Crippen molar-refractivity contribution in [3.63, 3.8) is 0 Å². The molecular weight excluding hydrogens is 160 g/mol. The smallest absolute Gasteiger partial charge is 0.0901 e. The number of benzene rings is 1. The number of ether oxygens (including phenoxy) is 1. The predicted molar refractivity (Wildman–Crippen MR) is 54.9 cm³/mol. The lowest BCUT2D eigenvalue weighted by Gasteiger charge is -1.79. The van der Waals surface area contributed by atoms with Gasteiger partial charge in [-0.25, -0.2) is 0 Å². The van der Waals surface area contributed by atoms with Crippen molar-refractivity contribution in [3.05, 3.63) is 73.2 Å². The predicted octanol–water partition coefficient (Wildman–Crippen LogP) is 3.29. The molecule has 0 atom stereocenters. The van der Waals surface area contributed by atoms with Crippen LogP contribution in [0.3, 0.4) is 0 Å². The van der Waals surface area contributed by atoms with Crippen molar-refractivity contribution in [2.45, 2.75) is 0 Å². The Hall–Kier alpha value is -1.76. The molecule has 0 aliphatic carbocycles. The molecular formula is C12H12O. The largest absolute Gasteiger partial charge is 0.473 e. The summed E-state index contributed by atoms with van der Waals surface area (Å²) < 4.78 is 4.77. The van der Waals surface area contributed by atoms with E-state index in [0.717, 1.165) is 0 Å². The molecule has 1 heteroatoms. The lowest BCUT2D eigenvalue weighted by molar-refractivity contribution is 0.404. The molecule has 0 aromatic heterocycles. The molecule has 0 saturated carbocycles. The van der Waals surface area contributed by atoms with Crippen molar-refractivity contribution in [3.8, 4) is 0 Å². The zero-order valence-electron chi connectivity index (χ0n) is 7.34. The first-order valence-corrected chi connectivity index (χ1v) is 4.14. The van der Waals surface area contributed by atoms with Crippen molar-refractivity contribution in [1.82, 2.24) is 0 Å². The fourth-order valence-electron chi connectivity index (χ4n) is 0.740. The molecule has 0 N–H and O–H groups in total. The van der Waals surface area contributed by atoms with Crippen LogP contribution in [-0.4, -0.2) is 0 Å². The molecule has 2 rings (SSSR count). The molecule has 1 nitrogen and oxygen atoms in total. The van der Waals surface area contributed by atoms with Gasteiger partial charge in [-0.15, -0.1) is 0 Å². The third-order valence-corrected chi connectivity index (χ3v) is 1.31. The normalized spacial score (nSPS) is 12.3. The summed E-state index contributed by atoms with van der Waals surface area (Å²) in [6.07, 6.45) is 10.7. The van der Waals surface area contributed by atoms with Gasteiger partial charge in [-0.2, -0.15) is 0 Å². The highest BCUT2D eigenvalue weighted by atomic mass is 16.5. The minimum absolute atomic E-state index is 1.62. The molecule has 0 unspecified atom stereocenters. The number of rotatable bonds is 0. The van der Waals surface area contributed by atoms with E-state index in [9.17, 15) is 0 Å². The first-order valence-electron chi connectivity index (χ1n) is 4.14. The molecule has 1 aromatic rings. The van der Waals surface area contributed by atoms with Gasteiger partial charge in [0, 0.05) is 0 Å². The Morgan fingerprint density at radius 2 is 0.846 bits per heavy atom. The minimum Gasteiger partial charge on any atom is -0.473 e. The van der Waals surface area contributed by atoms with E-state index in [2.05, 4.69) is 0 Å². The molecule has 1 heterocycles. The Morgan fingerprint density at radius 1 is 0.462 bits per heavy atom. The average molecular weight is 172 g/mol. The van der Waals surface area contributed by atoms with Crippen LogP contribution in [0.1, 0.15) is 0 Å². The Balaban J connectivity index is 0.000000132. The molecule has 0 saturated heterocycles. The molecule has 13 heavy (non-hydrogen) atoms. The molecule has 66 valence electrons. The Labute approximate surface area is 78.7 Å².